The average Bonchev–Trinajstić information content (AvgIpc) is 3.01. The lowest BCUT2D eigenvalue weighted by atomic mass is 9.95. The Kier molecular flexibility index (Phi) is 7.02. The molecule has 9 heteroatoms. The second-order valence-corrected chi connectivity index (χ2v) is 8.11. The Morgan fingerprint density at radius 3 is 2.76 bits per heavy atom. The highest BCUT2D eigenvalue weighted by Crippen LogP contribution is 2.39. The summed E-state index contributed by atoms with van der Waals surface area (Å²) in [5, 5.41) is 6.74. The molecule has 0 radical (unpaired) electrons. The Hall–Kier alpha value is -2.26. The van der Waals surface area contributed by atoms with Crippen LogP contribution in [-0.2, 0) is 17.6 Å². The lowest BCUT2D eigenvalue weighted by Crippen LogP contribution is -2.21. The number of ether oxygens (including phenoxy) is 2. The van der Waals surface area contributed by atoms with Crippen LogP contribution in [0, 0.1) is 6.92 Å². The van der Waals surface area contributed by atoms with Crippen LogP contribution >= 0.6 is 23.6 Å². The summed E-state index contributed by atoms with van der Waals surface area (Å²) in [6.07, 6.45) is 3.84. The van der Waals surface area contributed by atoms with Crippen LogP contribution in [0.2, 0.25) is 0 Å². The van der Waals surface area contributed by atoms with Gasteiger partial charge in [-0.1, -0.05) is 6.07 Å². The summed E-state index contributed by atoms with van der Waals surface area (Å²) in [5.41, 5.74) is 2.71. The summed E-state index contributed by atoms with van der Waals surface area (Å²) < 4.78 is 35.2. The highest BCUT2D eigenvalue weighted by atomic mass is 32.1. The number of fused-ring (bicyclic) bond motifs is 1. The molecule has 0 saturated heterocycles. The minimum Gasteiger partial charge on any atom is -0.462 e. The molecule has 156 valence electrons. The Balaban J connectivity index is 1.84. The number of benzene rings is 1. The molecule has 1 aromatic heterocycles. The van der Waals surface area contributed by atoms with Crippen LogP contribution in [0.5, 0.6) is 5.75 Å². The van der Waals surface area contributed by atoms with Crippen molar-refractivity contribution in [3.05, 3.63) is 39.8 Å². The van der Waals surface area contributed by atoms with E-state index in [-0.39, 0.29) is 23.4 Å². The molecule has 1 aliphatic rings. The normalized spacial score (nSPS) is 13.0. The van der Waals surface area contributed by atoms with Crippen molar-refractivity contribution in [2.45, 2.75) is 46.1 Å². The van der Waals surface area contributed by atoms with Gasteiger partial charge in [-0.3, -0.25) is 0 Å². The lowest BCUT2D eigenvalue weighted by Gasteiger charge is -2.15. The highest BCUT2D eigenvalue weighted by molar-refractivity contribution is 7.80. The Labute approximate surface area is 177 Å². The van der Waals surface area contributed by atoms with Crippen LogP contribution < -0.4 is 15.4 Å². The van der Waals surface area contributed by atoms with Gasteiger partial charge < -0.3 is 20.1 Å². The molecule has 0 bridgehead atoms. The number of esters is 1. The van der Waals surface area contributed by atoms with Crippen molar-refractivity contribution in [3.63, 3.8) is 0 Å². The minimum absolute atomic E-state index is 0.00848. The lowest BCUT2D eigenvalue weighted by molar-refractivity contribution is -0.0493. The van der Waals surface area contributed by atoms with E-state index in [1.54, 1.807) is 19.1 Å². The van der Waals surface area contributed by atoms with Crippen LogP contribution in [0.3, 0.4) is 0 Å². The number of halogens is 2. The van der Waals surface area contributed by atoms with E-state index < -0.39 is 6.61 Å². The van der Waals surface area contributed by atoms with Crippen LogP contribution in [-0.4, -0.2) is 24.3 Å². The largest absolute Gasteiger partial charge is 0.462 e. The van der Waals surface area contributed by atoms with Gasteiger partial charge in [0.05, 0.1) is 17.9 Å². The number of alkyl halides is 2. The molecule has 0 fully saturated rings. The van der Waals surface area contributed by atoms with Gasteiger partial charge in [0.25, 0.3) is 0 Å². The van der Waals surface area contributed by atoms with Crippen LogP contribution in [0.25, 0.3) is 0 Å². The smallest absolute Gasteiger partial charge is 0.387 e. The molecule has 29 heavy (non-hydrogen) atoms. The summed E-state index contributed by atoms with van der Waals surface area (Å²) >= 11 is 6.86. The van der Waals surface area contributed by atoms with Gasteiger partial charge in [-0.25, -0.2) is 4.79 Å². The van der Waals surface area contributed by atoms with Crippen LogP contribution in [0.15, 0.2) is 18.2 Å². The zero-order chi connectivity index (χ0) is 21.0. The fraction of sp³-hybridized carbons (Fsp3) is 0.400. The third-order valence-corrected chi connectivity index (χ3v) is 5.89. The number of thiophene rings is 1. The quantitative estimate of drug-likeness (QED) is 0.455. The number of hydrogen-bond donors (Lipinski definition) is 2. The molecule has 1 aliphatic carbocycles. The molecule has 0 atom stereocenters. The summed E-state index contributed by atoms with van der Waals surface area (Å²) in [7, 11) is 0. The van der Waals surface area contributed by atoms with Crippen molar-refractivity contribution in [2.75, 3.05) is 17.2 Å². The fourth-order valence-electron chi connectivity index (χ4n) is 3.27. The molecule has 1 heterocycles. The fourth-order valence-corrected chi connectivity index (χ4v) is 4.83. The predicted molar refractivity (Wildman–Crippen MR) is 115 cm³/mol. The number of aryl methyl sites for hydroxylation is 2. The van der Waals surface area contributed by atoms with E-state index in [4.69, 9.17) is 17.0 Å². The first-order valence-electron chi connectivity index (χ1n) is 9.34. The molecular formula is C20H22F2N2O3S2. The predicted octanol–water partition coefficient (Wildman–Crippen LogP) is 5.52. The first-order chi connectivity index (χ1) is 13.9. The molecule has 0 aliphatic heterocycles. The zero-order valence-electron chi connectivity index (χ0n) is 16.1. The molecule has 5 nitrogen and oxygen atoms in total. The van der Waals surface area contributed by atoms with Gasteiger partial charge in [0.2, 0.25) is 0 Å². The van der Waals surface area contributed by atoms with Crippen molar-refractivity contribution in [1.82, 2.24) is 0 Å². The molecule has 0 unspecified atom stereocenters. The maximum atomic E-state index is 12.7. The van der Waals surface area contributed by atoms with E-state index >= 15 is 0 Å². The molecule has 2 aromatic rings. The first kappa shape index (κ1) is 21.4. The molecule has 3 rings (SSSR count). The van der Waals surface area contributed by atoms with Gasteiger partial charge in [-0.15, -0.1) is 11.3 Å². The van der Waals surface area contributed by atoms with E-state index in [9.17, 15) is 13.6 Å². The molecule has 0 amide bonds. The summed E-state index contributed by atoms with van der Waals surface area (Å²) in [4.78, 5) is 13.7. The topological polar surface area (TPSA) is 59.6 Å². The summed E-state index contributed by atoms with van der Waals surface area (Å²) in [5.74, 6) is -0.389. The second-order valence-electron chi connectivity index (χ2n) is 6.59. The van der Waals surface area contributed by atoms with E-state index in [0.717, 1.165) is 41.7 Å². The standard InChI is InChI=1S/C20H22F2N2O3S2/c1-3-26-18(25)16-12-6-4-5-7-15(12)29-17(16)24-20(28)23-13-10-11(2)8-9-14(13)27-19(21)22/h8-10,19H,3-7H2,1-2H3,(H2,23,24,28). The first-order valence-corrected chi connectivity index (χ1v) is 10.6. The SMILES string of the molecule is CCOC(=O)c1c(NC(=S)Nc2cc(C)ccc2OC(F)F)sc2c1CCCC2. The van der Waals surface area contributed by atoms with E-state index in [1.165, 1.54) is 17.4 Å². The van der Waals surface area contributed by atoms with Crippen molar-refractivity contribution in [1.29, 1.82) is 0 Å². The monoisotopic (exact) mass is 440 g/mol. The van der Waals surface area contributed by atoms with Crippen molar-refractivity contribution in [3.8, 4) is 5.75 Å². The van der Waals surface area contributed by atoms with Crippen LogP contribution in [0.1, 0.15) is 46.1 Å². The summed E-state index contributed by atoms with van der Waals surface area (Å²) in [6, 6.07) is 4.79. The number of rotatable bonds is 6. The number of carbonyl (C=O) groups is 1. The number of hydrogen-bond acceptors (Lipinski definition) is 5. The Bertz CT molecular complexity index is 915. The second kappa shape index (κ2) is 9.49. The number of nitrogens with one attached hydrogen (secondary N) is 2. The third kappa shape index (κ3) is 5.22. The van der Waals surface area contributed by atoms with Crippen LogP contribution in [0.4, 0.5) is 19.5 Å². The molecule has 0 spiro atoms. The van der Waals surface area contributed by atoms with Gasteiger partial charge >= 0.3 is 12.6 Å². The Morgan fingerprint density at radius 1 is 1.28 bits per heavy atom. The molecular weight excluding hydrogens is 418 g/mol. The third-order valence-electron chi connectivity index (χ3n) is 4.48. The summed E-state index contributed by atoms with van der Waals surface area (Å²) in [6.45, 7) is 0.931. The van der Waals surface area contributed by atoms with E-state index in [2.05, 4.69) is 15.4 Å². The van der Waals surface area contributed by atoms with Gasteiger partial charge in [-0.05, 0) is 75.0 Å². The average molecular weight is 441 g/mol. The van der Waals surface area contributed by atoms with Gasteiger partial charge in [-0.2, -0.15) is 8.78 Å². The van der Waals surface area contributed by atoms with Gasteiger partial charge in [0, 0.05) is 4.88 Å². The number of anilines is 2. The van der Waals surface area contributed by atoms with Gasteiger partial charge in [0.15, 0.2) is 5.11 Å². The van der Waals surface area contributed by atoms with Gasteiger partial charge in [0.1, 0.15) is 10.8 Å². The molecule has 1 aromatic carbocycles. The number of thiocarbonyl (C=S) groups is 1. The maximum absolute atomic E-state index is 12.7. The van der Waals surface area contributed by atoms with E-state index in [0.29, 0.717) is 16.3 Å². The molecule has 2 N–H and O–H groups in total. The minimum atomic E-state index is -2.95. The van der Waals surface area contributed by atoms with Crippen molar-refractivity contribution < 1.29 is 23.0 Å². The number of carbonyl (C=O) groups excluding carboxylic acids is 1. The maximum Gasteiger partial charge on any atom is 0.387 e. The van der Waals surface area contributed by atoms with Crippen molar-refractivity contribution >= 4 is 45.3 Å². The highest BCUT2D eigenvalue weighted by Gasteiger charge is 2.27. The zero-order valence-corrected chi connectivity index (χ0v) is 17.8. The van der Waals surface area contributed by atoms with Crippen molar-refractivity contribution in [2.24, 2.45) is 0 Å². The Morgan fingerprint density at radius 2 is 2.03 bits per heavy atom. The molecule has 0 saturated carbocycles. The van der Waals surface area contributed by atoms with E-state index in [1.807, 2.05) is 6.92 Å².